The van der Waals surface area contributed by atoms with Crippen molar-refractivity contribution < 1.29 is 19.1 Å². The van der Waals surface area contributed by atoms with E-state index in [1.807, 2.05) is 152 Å². The summed E-state index contributed by atoms with van der Waals surface area (Å²) in [5.74, 6) is -1.10. The van der Waals surface area contributed by atoms with Crippen LogP contribution < -0.4 is 0 Å². The number of esters is 1. The van der Waals surface area contributed by atoms with Crippen LogP contribution in [0.4, 0.5) is 0 Å². The normalized spacial score (nSPS) is 18.2. The minimum Gasteiger partial charge on any atom is -0.462 e. The fraction of sp³-hybridized carbons (Fsp3) is 0.103. The lowest BCUT2D eigenvalue weighted by Crippen LogP contribution is -2.39. The van der Waals surface area contributed by atoms with Crippen LogP contribution in [0.3, 0.4) is 0 Å². The third kappa shape index (κ3) is 4.50. The molecule has 0 radical (unpaired) electrons. The van der Waals surface area contributed by atoms with E-state index in [2.05, 4.69) is 0 Å². The lowest BCUT2D eigenvalue weighted by molar-refractivity contribution is -0.141. The summed E-state index contributed by atoms with van der Waals surface area (Å²) in [4.78, 5) is 29.4. The molecule has 1 fully saturated rings. The van der Waals surface area contributed by atoms with Crippen molar-refractivity contribution in [1.29, 1.82) is 0 Å². The Balaban J connectivity index is 1.54. The number of hydrogen-bond donors (Lipinski definition) is 0. The van der Waals surface area contributed by atoms with Crippen LogP contribution in [0.15, 0.2) is 162 Å². The van der Waals surface area contributed by atoms with Gasteiger partial charge in [0.25, 0.3) is 5.91 Å². The van der Waals surface area contributed by atoms with Gasteiger partial charge in [-0.3, -0.25) is 4.79 Å². The summed E-state index contributed by atoms with van der Waals surface area (Å²) in [5.41, 5.74) is 1.77. The smallest absolute Gasteiger partial charge is 0.339 e. The largest absolute Gasteiger partial charge is 0.462 e. The quantitative estimate of drug-likeness (QED) is 0.111. The molecule has 1 atom stereocenters. The predicted octanol–water partition coefficient (Wildman–Crippen LogP) is 6.97. The molecule has 0 N–H and O–H groups in total. The first-order chi connectivity index (χ1) is 22.1. The van der Waals surface area contributed by atoms with Gasteiger partial charge >= 0.3 is 5.97 Å². The highest BCUT2D eigenvalue weighted by Gasteiger charge is 2.83. The summed E-state index contributed by atoms with van der Waals surface area (Å²) in [7, 11) is 0. The molecule has 2 aliphatic rings. The van der Waals surface area contributed by atoms with Crippen LogP contribution in [0.1, 0.15) is 34.7 Å². The van der Waals surface area contributed by atoms with E-state index in [0.717, 1.165) is 22.3 Å². The molecule has 1 spiro atoms. The second-order valence-corrected chi connectivity index (χ2v) is 10.8. The second kappa shape index (κ2) is 11.5. The Kier molecular flexibility index (Phi) is 7.20. The third-order valence-corrected chi connectivity index (χ3v) is 8.24. The maximum Gasteiger partial charge on any atom is 0.339 e. The Labute approximate surface area is 261 Å². The predicted molar refractivity (Wildman–Crippen MR) is 173 cm³/mol. The average Bonchev–Trinajstić information content (AvgIpc) is 3.75. The van der Waals surface area contributed by atoms with Crippen molar-refractivity contribution in [3.05, 3.63) is 185 Å². The van der Waals surface area contributed by atoms with Gasteiger partial charge < -0.3 is 9.47 Å². The maximum absolute atomic E-state index is 15.2. The van der Waals surface area contributed by atoms with Crippen LogP contribution in [0.5, 0.6) is 0 Å². The highest BCUT2D eigenvalue weighted by molar-refractivity contribution is 6.20. The summed E-state index contributed by atoms with van der Waals surface area (Å²) in [6, 6.07) is 47.9. The Morgan fingerprint density at radius 3 is 1.58 bits per heavy atom. The highest BCUT2D eigenvalue weighted by atomic mass is 16.6. The Hall–Kier alpha value is -5.59. The number of amides is 1. The topological polar surface area (TPSA) is 71.5 Å². The molecule has 0 aromatic heterocycles. The molecule has 45 heavy (non-hydrogen) atoms. The fourth-order valence-corrected chi connectivity index (χ4v) is 6.27. The minimum absolute atomic E-state index is 0.123. The van der Waals surface area contributed by atoms with Crippen LogP contribution in [-0.4, -0.2) is 34.8 Å². The third-order valence-electron chi connectivity index (χ3n) is 8.24. The van der Waals surface area contributed by atoms with E-state index in [-0.39, 0.29) is 12.2 Å². The number of hydrogen-bond acceptors (Lipinski definition) is 5. The van der Waals surface area contributed by atoms with Gasteiger partial charge in [0.2, 0.25) is 5.60 Å². The molecule has 1 saturated heterocycles. The van der Waals surface area contributed by atoms with Gasteiger partial charge in [0.1, 0.15) is 5.57 Å². The number of benzene rings is 5. The van der Waals surface area contributed by atoms with Crippen molar-refractivity contribution in [2.45, 2.75) is 18.1 Å². The lowest BCUT2D eigenvalue weighted by atomic mass is 9.77. The molecule has 2 heterocycles. The molecular formula is C39H30N2O4. The van der Waals surface area contributed by atoms with E-state index in [1.54, 1.807) is 6.92 Å². The number of nitrogens with zero attached hydrogens (tertiary/aromatic N) is 2. The minimum atomic E-state index is -1.73. The molecule has 5 aromatic rings. The van der Waals surface area contributed by atoms with Gasteiger partial charge in [-0.1, -0.05) is 152 Å². The first-order valence-corrected chi connectivity index (χ1v) is 14.9. The Morgan fingerprint density at radius 2 is 1.11 bits per heavy atom. The Bertz CT molecular complexity index is 1830. The maximum atomic E-state index is 15.2. The summed E-state index contributed by atoms with van der Waals surface area (Å²) < 4.78 is 12.5. The van der Waals surface area contributed by atoms with Gasteiger partial charge in [0.15, 0.2) is 5.60 Å². The molecule has 1 unspecified atom stereocenters. The zero-order valence-electron chi connectivity index (χ0n) is 24.7. The molecule has 5 aromatic carbocycles. The number of carbonyl (C=O) groups excluding carboxylic acids is 2. The molecule has 220 valence electrons. The molecule has 6 heteroatoms. The van der Waals surface area contributed by atoms with Crippen molar-refractivity contribution in [3.8, 4) is 0 Å². The standard InChI is InChI=1S/C39H30N2O4/c1-2-44-36(42)33-35(30-22-12-5-13-23-30)41(40-34(28-18-8-3-9-19-28)29-20-10-4-11-21-29)37(43)39(33)38(45-39,31-24-14-6-15-25-31)32-26-16-7-17-27-32/h3-27H,2H2,1H3. The van der Waals surface area contributed by atoms with Crippen LogP contribution in [0.2, 0.25) is 0 Å². The van der Waals surface area contributed by atoms with E-state index in [4.69, 9.17) is 14.6 Å². The summed E-state index contributed by atoms with van der Waals surface area (Å²) in [6.45, 7) is 1.87. The highest BCUT2D eigenvalue weighted by Crippen LogP contribution is 2.68. The van der Waals surface area contributed by atoms with Gasteiger partial charge in [0.05, 0.1) is 18.0 Å². The van der Waals surface area contributed by atoms with Crippen molar-refractivity contribution >= 4 is 23.3 Å². The first kappa shape index (κ1) is 28.2. The number of rotatable bonds is 8. The van der Waals surface area contributed by atoms with Crippen molar-refractivity contribution in [3.63, 3.8) is 0 Å². The Morgan fingerprint density at radius 1 is 0.667 bits per heavy atom. The van der Waals surface area contributed by atoms with E-state index in [9.17, 15) is 4.79 Å². The van der Waals surface area contributed by atoms with Gasteiger partial charge in [-0.25, -0.2) is 4.79 Å². The van der Waals surface area contributed by atoms with Crippen LogP contribution in [-0.2, 0) is 24.7 Å². The van der Waals surface area contributed by atoms with Gasteiger partial charge in [-0.15, -0.1) is 0 Å². The van der Waals surface area contributed by atoms with Gasteiger partial charge in [0, 0.05) is 16.7 Å². The number of hydrazone groups is 1. The average molecular weight is 591 g/mol. The number of ether oxygens (including phenoxy) is 2. The van der Waals surface area contributed by atoms with Crippen molar-refractivity contribution in [2.75, 3.05) is 6.61 Å². The summed E-state index contributed by atoms with van der Waals surface area (Å²) >= 11 is 0. The van der Waals surface area contributed by atoms with Crippen LogP contribution in [0, 0.1) is 0 Å². The van der Waals surface area contributed by atoms with Gasteiger partial charge in [-0.2, -0.15) is 10.1 Å². The van der Waals surface area contributed by atoms with Gasteiger partial charge in [-0.05, 0) is 18.1 Å². The molecule has 1 amide bonds. The zero-order chi connectivity index (χ0) is 30.9. The molecule has 0 saturated carbocycles. The number of epoxide rings is 1. The molecule has 6 nitrogen and oxygen atoms in total. The molecule has 2 aliphatic heterocycles. The van der Waals surface area contributed by atoms with E-state index in [0.29, 0.717) is 17.0 Å². The zero-order valence-corrected chi connectivity index (χ0v) is 24.7. The molecule has 7 rings (SSSR count). The molecule has 0 bridgehead atoms. The van der Waals surface area contributed by atoms with Crippen molar-refractivity contribution in [1.82, 2.24) is 5.01 Å². The van der Waals surface area contributed by atoms with E-state index in [1.165, 1.54) is 5.01 Å². The molecule has 0 aliphatic carbocycles. The van der Waals surface area contributed by atoms with E-state index >= 15 is 4.79 Å². The summed E-state index contributed by atoms with van der Waals surface area (Å²) in [6.07, 6.45) is 0. The molecular weight excluding hydrogens is 560 g/mol. The van der Waals surface area contributed by atoms with Crippen LogP contribution in [0.25, 0.3) is 5.70 Å². The van der Waals surface area contributed by atoms with E-state index < -0.39 is 23.1 Å². The summed E-state index contributed by atoms with van der Waals surface area (Å²) in [5, 5.41) is 6.44. The van der Waals surface area contributed by atoms with Crippen LogP contribution >= 0.6 is 0 Å². The lowest BCUT2D eigenvalue weighted by Gasteiger charge is -2.20. The monoisotopic (exact) mass is 590 g/mol. The SMILES string of the molecule is CCOC(=O)C1=C(c2ccccc2)N(N=C(c2ccccc2)c2ccccc2)C(=O)C12OC2(c1ccccc1)c1ccccc1. The second-order valence-electron chi connectivity index (χ2n) is 10.8. The number of carbonyl (C=O) groups is 2. The first-order valence-electron chi connectivity index (χ1n) is 14.9. The fourth-order valence-electron chi connectivity index (χ4n) is 6.27. The van der Waals surface area contributed by atoms with Crippen molar-refractivity contribution in [2.24, 2.45) is 5.10 Å².